The average molecular weight is 504 g/mol. The second kappa shape index (κ2) is 8.54. The van der Waals surface area contributed by atoms with E-state index < -0.39 is 12.0 Å². The van der Waals surface area contributed by atoms with E-state index in [1.54, 1.807) is 25.1 Å². The summed E-state index contributed by atoms with van der Waals surface area (Å²) in [6.45, 7) is 1.08. The minimum Gasteiger partial charge on any atom is -0.460 e. The van der Waals surface area contributed by atoms with E-state index in [1.165, 1.54) is 10.6 Å². The Balaban J connectivity index is 2.25. The summed E-state index contributed by atoms with van der Waals surface area (Å²) in [7, 11) is 0. The van der Waals surface area contributed by atoms with Crippen LogP contribution in [0.5, 0.6) is 0 Å². The molecule has 0 aliphatic heterocycles. The van der Waals surface area contributed by atoms with E-state index in [4.69, 9.17) is 38.8 Å². The summed E-state index contributed by atoms with van der Waals surface area (Å²) >= 11 is 16.1. The molecular formula is C17H15BrCl2N5O4+. The van der Waals surface area contributed by atoms with Gasteiger partial charge in [0, 0.05) is 11.4 Å². The van der Waals surface area contributed by atoms with Crippen LogP contribution in [0, 0.1) is 6.92 Å². The van der Waals surface area contributed by atoms with Gasteiger partial charge in [-0.3, -0.25) is 0 Å². The zero-order valence-corrected chi connectivity index (χ0v) is 18.0. The van der Waals surface area contributed by atoms with Crippen molar-refractivity contribution in [3.8, 4) is 0 Å². The third-order valence-corrected chi connectivity index (χ3v) is 5.07. The first-order valence-electron chi connectivity index (χ1n) is 8.18. The quantitative estimate of drug-likeness (QED) is 0.363. The Morgan fingerprint density at radius 1 is 1.41 bits per heavy atom. The van der Waals surface area contributed by atoms with Gasteiger partial charge in [-0.15, -0.1) is 0 Å². The van der Waals surface area contributed by atoms with E-state index in [1.807, 2.05) is 0 Å². The number of pyridine rings is 1. The fourth-order valence-corrected chi connectivity index (χ4v) is 3.69. The highest BCUT2D eigenvalue weighted by Gasteiger charge is 2.30. The number of nitrogens with zero attached hydrogens (tertiary/aromatic N) is 3. The van der Waals surface area contributed by atoms with Crippen LogP contribution in [0.4, 0.5) is 16.2 Å². The molecule has 152 valence electrons. The molecule has 3 aromatic rings. The first-order valence-corrected chi connectivity index (χ1v) is 9.72. The standard InChI is InChI=1S/C17H14BrCl2N5O4/c1-8-23-25(17(21)28)15-13(20)14(22-12-3-2-9(18)6-11(12)19)10(7-24(8)15)16(27)29-5-4-26/h2-3,6-7,26H,4-5H2,1H3,(H2,21,28)/p+1. The minimum absolute atomic E-state index is 0.00170. The molecule has 0 saturated carbocycles. The number of fused-ring (bicyclic) bond motifs is 1. The van der Waals surface area contributed by atoms with Gasteiger partial charge in [0.15, 0.2) is 0 Å². The number of halogens is 3. The number of benzene rings is 1. The fraction of sp³-hybridized carbons (Fsp3) is 0.176. The maximum absolute atomic E-state index is 12.6. The van der Waals surface area contributed by atoms with Crippen LogP contribution >= 0.6 is 39.1 Å². The molecule has 3 rings (SSSR count). The highest BCUT2D eigenvalue weighted by molar-refractivity contribution is 9.10. The lowest BCUT2D eigenvalue weighted by atomic mass is 10.2. The molecule has 1 amide bonds. The Morgan fingerprint density at radius 3 is 2.76 bits per heavy atom. The molecule has 0 aliphatic rings. The summed E-state index contributed by atoms with van der Waals surface area (Å²) in [4.78, 5) is 24.4. The number of hydrogen-bond donors (Lipinski definition) is 3. The number of rotatable bonds is 5. The van der Waals surface area contributed by atoms with Crippen molar-refractivity contribution in [1.29, 1.82) is 0 Å². The molecule has 4 N–H and O–H groups in total. The Bertz CT molecular complexity index is 1130. The van der Waals surface area contributed by atoms with Crippen LogP contribution in [0.25, 0.3) is 5.65 Å². The van der Waals surface area contributed by atoms with Crippen molar-refractivity contribution in [1.82, 2.24) is 9.78 Å². The lowest BCUT2D eigenvalue weighted by Gasteiger charge is -2.14. The predicted molar refractivity (Wildman–Crippen MR) is 110 cm³/mol. The molecule has 9 nitrogen and oxygen atoms in total. The second-order valence-corrected chi connectivity index (χ2v) is 7.53. The van der Waals surface area contributed by atoms with Crippen LogP contribution in [0.2, 0.25) is 10.0 Å². The van der Waals surface area contributed by atoms with Gasteiger partial charge in [0.1, 0.15) is 17.2 Å². The molecule has 12 heteroatoms. The van der Waals surface area contributed by atoms with Gasteiger partial charge in [0.2, 0.25) is 0 Å². The zero-order chi connectivity index (χ0) is 21.3. The molecule has 0 fully saturated rings. The van der Waals surface area contributed by atoms with E-state index in [-0.39, 0.29) is 35.1 Å². The second-order valence-electron chi connectivity index (χ2n) is 5.83. The number of nitrogens with two attached hydrogens (primary N) is 1. The van der Waals surface area contributed by atoms with Gasteiger partial charge in [-0.1, -0.05) is 39.1 Å². The van der Waals surface area contributed by atoms with Gasteiger partial charge in [0.25, 0.3) is 11.5 Å². The van der Waals surface area contributed by atoms with Crippen molar-refractivity contribution >= 4 is 68.2 Å². The number of ether oxygens (including phenoxy) is 1. The van der Waals surface area contributed by atoms with Crippen molar-refractivity contribution in [3.63, 3.8) is 0 Å². The van der Waals surface area contributed by atoms with Crippen molar-refractivity contribution in [2.24, 2.45) is 5.73 Å². The van der Waals surface area contributed by atoms with E-state index in [2.05, 4.69) is 26.3 Å². The number of primary amides is 1. The summed E-state index contributed by atoms with van der Waals surface area (Å²) in [5, 5.41) is 16.4. The van der Waals surface area contributed by atoms with E-state index in [0.29, 0.717) is 16.5 Å². The topological polar surface area (TPSA) is 124 Å². The normalized spacial score (nSPS) is 10.9. The first kappa shape index (κ1) is 21.3. The van der Waals surface area contributed by atoms with Crippen LogP contribution < -0.4 is 15.5 Å². The Labute approximate surface area is 183 Å². The average Bonchev–Trinajstić information content (AvgIpc) is 3.00. The van der Waals surface area contributed by atoms with Gasteiger partial charge in [-0.25, -0.2) is 9.59 Å². The molecule has 1 aromatic carbocycles. The summed E-state index contributed by atoms with van der Waals surface area (Å²) in [6, 6.07) is 4.24. The largest absolute Gasteiger partial charge is 0.460 e. The van der Waals surface area contributed by atoms with Crippen LogP contribution in [-0.2, 0) is 4.74 Å². The van der Waals surface area contributed by atoms with E-state index in [9.17, 15) is 9.59 Å². The SMILES string of the molecule is Cc1nn(C(N)=O)c2c(Cl)c(Nc3ccc(Br)cc3Cl)c(C(=O)OCCO)c[n+]12. The Hall–Kier alpha value is -2.40. The number of hydrogen-bond acceptors (Lipinski definition) is 6. The van der Waals surface area contributed by atoms with E-state index >= 15 is 0 Å². The molecule has 2 aromatic heterocycles. The molecule has 0 atom stereocenters. The molecule has 0 aliphatic carbocycles. The molecular weight excluding hydrogens is 489 g/mol. The van der Waals surface area contributed by atoms with Gasteiger partial charge < -0.3 is 20.9 Å². The number of carbonyl (C=O) groups excluding carboxylic acids is 2. The van der Waals surface area contributed by atoms with Gasteiger partial charge in [-0.05, 0) is 22.9 Å². The monoisotopic (exact) mass is 502 g/mol. The van der Waals surface area contributed by atoms with Crippen LogP contribution in [0.15, 0.2) is 28.9 Å². The number of aliphatic hydroxyl groups is 1. The number of aliphatic hydroxyl groups excluding tert-OH is 1. The maximum Gasteiger partial charge on any atom is 0.413 e. The lowest BCUT2D eigenvalue weighted by molar-refractivity contribution is -0.520. The van der Waals surface area contributed by atoms with Crippen LogP contribution in [0.3, 0.4) is 0 Å². The van der Waals surface area contributed by atoms with Crippen LogP contribution in [-0.4, -0.2) is 40.1 Å². The van der Waals surface area contributed by atoms with Gasteiger partial charge in [0.05, 0.1) is 34.3 Å². The number of aryl methyl sites for hydroxylation is 1. The first-order chi connectivity index (χ1) is 13.7. The summed E-state index contributed by atoms with van der Waals surface area (Å²) < 4.78 is 8.17. The zero-order valence-electron chi connectivity index (χ0n) is 14.9. The van der Waals surface area contributed by atoms with Crippen LogP contribution in [0.1, 0.15) is 16.2 Å². The molecule has 0 unspecified atom stereocenters. The van der Waals surface area contributed by atoms with Gasteiger partial charge >= 0.3 is 12.0 Å². The molecule has 2 heterocycles. The summed E-state index contributed by atoms with van der Waals surface area (Å²) in [6.07, 6.45) is 1.41. The number of nitrogens with one attached hydrogen (secondary N) is 1. The summed E-state index contributed by atoms with van der Waals surface area (Å²) in [5.74, 6) is -0.373. The third-order valence-electron chi connectivity index (χ3n) is 3.91. The molecule has 0 spiro atoms. The number of amides is 1. The van der Waals surface area contributed by atoms with Crippen molar-refractivity contribution in [2.45, 2.75) is 6.92 Å². The molecule has 29 heavy (non-hydrogen) atoms. The smallest absolute Gasteiger partial charge is 0.413 e. The number of esters is 1. The fourth-order valence-electron chi connectivity index (χ4n) is 2.64. The molecule has 0 saturated heterocycles. The highest BCUT2D eigenvalue weighted by atomic mass is 79.9. The number of anilines is 2. The lowest BCUT2D eigenvalue weighted by Crippen LogP contribution is -2.29. The Kier molecular flexibility index (Phi) is 6.27. The third kappa shape index (κ3) is 4.15. The molecule has 0 bridgehead atoms. The minimum atomic E-state index is -0.847. The van der Waals surface area contributed by atoms with Crippen molar-refractivity contribution < 1.29 is 23.8 Å². The number of aromatic nitrogens is 3. The molecule has 0 radical (unpaired) electrons. The Morgan fingerprint density at radius 2 is 2.14 bits per heavy atom. The predicted octanol–water partition coefficient (Wildman–Crippen LogP) is 2.82. The van der Waals surface area contributed by atoms with Gasteiger partial charge in [-0.2, -0.15) is 4.40 Å². The van der Waals surface area contributed by atoms with E-state index in [0.717, 1.165) is 9.15 Å². The summed E-state index contributed by atoms with van der Waals surface area (Å²) in [5.41, 5.74) is 6.20. The highest BCUT2D eigenvalue weighted by Crippen LogP contribution is 2.35. The maximum atomic E-state index is 12.6. The van der Waals surface area contributed by atoms with Crippen molar-refractivity contribution in [2.75, 3.05) is 18.5 Å². The van der Waals surface area contributed by atoms with Crippen molar-refractivity contribution in [3.05, 3.63) is 50.3 Å². The number of carbonyl (C=O) groups is 2.